The number of pyridine rings is 1. The van der Waals surface area contributed by atoms with Crippen molar-refractivity contribution in [1.29, 1.82) is 0 Å². The van der Waals surface area contributed by atoms with Crippen molar-refractivity contribution in [3.05, 3.63) is 90.0 Å². The molecule has 0 aliphatic carbocycles. The van der Waals surface area contributed by atoms with E-state index in [0.717, 1.165) is 16.5 Å². The number of nitrogens with one attached hydrogen (secondary N) is 1. The summed E-state index contributed by atoms with van der Waals surface area (Å²) in [4.78, 5) is 21.1. The van der Waals surface area contributed by atoms with Crippen LogP contribution in [0.5, 0.6) is 0 Å². The lowest BCUT2D eigenvalue weighted by atomic mass is 10.0. The molecular formula is C24H19F2N7O. The standard InChI is InChI=1S/C24H19F2N7O/c1-15-22-19(16-6-8-18(25)9-7-16)10-11-27-23(22)33(30-15)13-21(34)29-24-28-14-32(31-24)12-17-4-2-3-5-20(17)26/h2-11,14H,12-13H2,1H3,(H,29,31,34). The number of amides is 1. The molecule has 5 aromatic rings. The van der Waals surface area contributed by atoms with E-state index in [4.69, 9.17) is 0 Å². The number of aryl methyl sites for hydroxylation is 1. The Balaban J connectivity index is 1.34. The van der Waals surface area contributed by atoms with E-state index in [1.54, 1.807) is 36.5 Å². The summed E-state index contributed by atoms with van der Waals surface area (Å²) in [5.41, 5.74) is 3.37. The summed E-state index contributed by atoms with van der Waals surface area (Å²) in [7, 11) is 0. The normalized spacial score (nSPS) is 11.1. The van der Waals surface area contributed by atoms with E-state index in [-0.39, 0.29) is 36.6 Å². The fourth-order valence-corrected chi connectivity index (χ4v) is 3.79. The Bertz CT molecular complexity index is 1490. The zero-order valence-corrected chi connectivity index (χ0v) is 18.1. The largest absolute Gasteiger partial charge is 0.292 e. The maximum atomic E-state index is 13.9. The van der Waals surface area contributed by atoms with Gasteiger partial charge in [0, 0.05) is 17.1 Å². The van der Waals surface area contributed by atoms with Gasteiger partial charge in [0.2, 0.25) is 11.9 Å². The molecule has 1 amide bonds. The van der Waals surface area contributed by atoms with Crippen molar-refractivity contribution in [3.63, 3.8) is 0 Å². The molecule has 2 aromatic carbocycles. The number of carbonyl (C=O) groups excluding carboxylic acids is 1. The number of benzene rings is 2. The smallest absolute Gasteiger partial charge is 0.248 e. The number of aromatic nitrogens is 6. The molecule has 3 heterocycles. The lowest BCUT2D eigenvalue weighted by molar-refractivity contribution is -0.116. The number of hydrogen-bond donors (Lipinski definition) is 1. The highest BCUT2D eigenvalue weighted by atomic mass is 19.1. The van der Waals surface area contributed by atoms with Crippen LogP contribution >= 0.6 is 0 Å². The quantitative estimate of drug-likeness (QED) is 0.415. The van der Waals surface area contributed by atoms with Crippen LogP contribution in [0.4, 0.5) is 14.7 Å². The summed E-state index contributed by atoms with van der Waals surface area (Å²) in [5, 5.41) is 12.1. The Morgan fingerprint density at radius 3 is 2.59 bits per heavy atom. The van der Waals surface area contributed by atoms with Gasteiger partial charge in [-0.15, -0.1) is 5.10 Å². The molecule has 10 heteroatoms. The Kier molecular flexibility index (Phi) is 5.54. The SMILES string of the molecule is Cc1nn(CC(=O)Nc2ncn(Cc3ccccc3F)n2)c2nccc(-c3ccc(F)cc3)c12. The number of halogens is 2. The Morgan fingerprint density at radius 1 is 1.00 bits per heavy atom. The van der Waals surface area contributed by atoms with Crippen LogP contribution in [0.15, 0.2) is 67.1 Å². The third-order valence-corrected chi connectivity index (χ3v) is 5.33. The second-order valence-electron chi connectivity index (χ2n) is 7.71. The van der Waals surface area contributed by atoms with E-state index < -0.39 is 0 Å². The molecule has 0 bridgehead atoms. The van der Waals surface area contributed by atoms with Crippen LogP contribution in [-0.4, -0.2) is 35.4 Å². The number of hydrogen-bond acceptors (Lipinski definition) is 5. The number of nitrogens with zero attached hydrogens (tertiary/aromatic N) is 6. The summed E-state index contributed by atoms with van der Waals surface area (Å²) in [6.45, 7) is 1.91. The molecule has 0 atom stereocenters. The van der Waals surface area contributed by atoms with Crippen LogP contribution in [0.3, 0.4) is 0 Å². The maximum Gasteiger partial charge on any atom is 0.248 e. The van der Waals surface area contributed by atoms with Crippen LogP contribution in [0, 0.1) is 18.6 Å². The molecule has 0 unspecified atom stereocenters. The molecule has 1 N–H and O–H groups in total. The first-order valence-electron chi connectivity index (χ1n) is 10.5. The molecule has 34 heavy (non-hydrogen) atoms. The van der Waals surface area contributed by atoms with Gasteiger partial charge in [0.05, 0.1) is 12.2 Å². The highest BCUT2D eigenvalue weighted by Crippen LogP contribution is 2.29. The summed E-state index contributed by atoms with van der Waals surface area (Å²) >= 11 is 0. The van der Waals surface area contributed by atoms with Gasteiger partial charge < -0.3 is 0 Å². The molecule has 0 aliphatic heterocycles. The van der Waals surface area contributed by atoms with Gasteiger partial charge in [-0.25, -0.2) is 28.1 Å². The first-order chi connectivity index (χ1) is 16.5. The van der Waals surface area contributed by atoms with Gasteiger partial charge in [-0.05, 0) is 42.3 Å². The molecule has 3 aromatic heterocycles. The summed E-state index contributed by atoms with van der Waals surface area (Å²) in [5.74, 6) is -0.934. The van der Waals surface area contributed by atoms with Gasteiger partial charge in [0.25, 0.3) is 0 Å². The molecule has 0 radical (unpaired) electrons. The van der Waals surface area contributed by atoms with Gasteiger partial charge in [-0.3, -0.25) is 10.1 Å². The lowest BCUT2D eigenvalue weighted by Crippen LogP contribution is -2.20. The van der Waals surface area contributed by atoms with Crippen LogP contribution in [0.25, 0.3) is 22.2 Å². The summed E-state index contributed by atoms with van der Waals surface area (Å²) in [6, 6.07) is 14.4. The summed E-state index contributed by atoms with van der Waals surface area (Å²) < 4.78 is 30.1. The monoisotopic (exact) mass is 459 g/mol. The lowest BCUT2D eigenvalue weighted by Gasteiger charge is -2.06. The van der Waals surface area contributed by atoms with Crippen molar-refractivity contribution in [3.8, 4) is 11.1 Å². The van der Waals surface area contributed by atoms with Crippen molar-refractivity contribution in [1.82, 2.24) is 29.5 Å². The highest BCUT2D eigenvalue weighted by molar-refractivity contribution is 5.96. The molecule has 0 saturated heterocycles. The molecule has 0 spiro atoms. The Labute approximate surface area is 192 Å². The van der Waals surface area contributed by atoms with E-state index in [0.29, 0.717) is 16.9 Å². The average molecular weight is 459 g/mol. The van der Waals surface area contributed by atoms with Crippen LogP contribution in [0.1, 0.15) is 11.3 Å². The minimum Gasteiger partial charge on any atom is -0.292 e. The second kappa shape index (κ2) is 8.81. The fraction of sp³-hybridized carbons (Fsp3) is 0.125. The molecule has 8 nitrogen and oxygen atoms in total. The molecule has 0 saturated carbocycles. The molecular weight excluding hydrogens is 440 g/mol. The van der Waals surface area contributed by atoms with E-state index in [2.05, 4.69) is 25.5 Å². The van der Waals surface area contributed by atoms with Crippen LogP contribution in [-0.2, 0) is 17.9 Å². The van der Waals surface area contributed by atoms with Crippen LogP contribution < -0.4 is 5.32 Å². The van der Waals surface area contributed by atoms with Crippen molar-refractivity contribution < 1.29 is 13.6 Å². The first-order valence-corrected chi connectivity index (χ1v) is 10.5. The number of fused-ring (bicyclic) bond motifs is 1. The average Bonchev–Trinajstić information content (AvgIpc) is 3.39. The van der Waals surface area contributed by atoms with Gasteiger partial charge in [-0.1, -0.05) is 30.3 Å². The Hall–Kier alpha value is -4.47. The number of rotatable bonds is 6. The van der Waals surface area contributed by atoms with E-state index in [1.807, 2.05) is 13.0 Å². The minimum atomic E-state index is -0.387. The topological polar surface area (TPSA) is 90.5 Å². The second-order valence-corrected chi connectivity index (χ2v) is 7.71. The zero-order chi connectivity index (χ0) is 23.7. The van der Waals surface area contributed by atoms with Gasteiger partial charge in [0.1, 0.15) is 24.5 Å². The minimum absolute atomic E-state index is 0.105. The number of carbonyl (C=O) groups is 1. The molecule has 0 fully saturated rings. The van der Waals surface area contributed by atoms with Crippen molar-refractivity contribution in [2.75, 3.05) is 5.32 Å². The zero-order valence-electron chi connectivity index (χ0n) is 18.1. The van der Waals surface area contributed by atoms with Crippen molar-refractivity contribution in [2.45, 2.75) is 20.0 Å². The molecule has 5 rings (SSSR count). The predicted octanol–water partition coefficient (Wildman–Crippen LogP) is 3.96. The first kappa shape index (κ1) is 21.4. The van der Waals surface area contributed by atoms with Gasteiger partial charge in [-0.2, -0.15) is 5.10 Å². The third-order valence-electron chi connectivity index (χ3n) is 5.33. The van der Waals surface area contributed by atoms with Gasteiger partial charge in [0.15, 0.2) is 5.65 Å². The van der Waals surface area contributed by atoms with Crippen molar-refractivity contribution in [2.24, 2.45) is 0 Å². The molecule has 170 valence electrons. The fourth-order valence-electron chi connectivity index (χ4n) is 3.79. The van der Waals surface area contributed by atoms with E-state index >= 15 is 0 Å². The van der Waals surface area contributed by atoms with E-state index in [9.17, 15) is 13.6 Å². The Morgan fingerprint density at radius 2 is 1.79 bits per heavy atom. The number of anilines is 1. The van der Waals surface area contributed by atoms with Crippen LogP contribution in [0.2, 0.25) is 0 Å². The van der Waals surface area contributed by atoms with E-state index in [1.165, 1.54) is 33.9 Å². The molecule has 0 aliphatic rings. The predicted molar refractivity (Wildman–Crippen MR) is 122 cm³/mol. The van der Waals surface area contributed by atoms with Gasteiger partial charge >= 0.3 is 0 Å². The van der Waals surface area contributed by atoms with Crippen molar-refractivity contribution >= 4 is 22.9 Å². The third kappa shape index (κ3) is 4.25. The highest BCUT2D eigenvalue weighted by Gasteiger charge is 2.17. The summed E-state index contributed by atoms with van der Waals surface area (Å²) in [6.07, 6.45) is 3.05. The maximum absolute atomic E-state index is 13.9.